The molecule has 7 heteroatoms. The molecule has 0 aliphatic heterocycles. The highest BCUT2D eigenvalue weighted by atomic mass is 16.5. The summed E-state index contributed by atoms with van der Waals surface area (Å²) in [7, 11) is 5.49. The molecule has 1 aromatic heterocycles. The summed E-state index contributed by atoms with van der Waals surface area (Å²) in [5.74, 6) is 0.570. The third-order valence-corrected chi connectivity index (χ3v) is 4.55. The molecular weight excluding hydrogens is 368 g/mol. The number of hydrogen-bond donors (Lipinski definition) is 1. The Morgan fingerprint density at radius 2 is 1.79 bits per heavy atom. The smallest absolute Gasteiger partial charge is 0.253 e. The lowest BCUT2D eigenvalue weighted by Crippen LogP contribution is -2.30. The first-order valence-corrected chi connectivity index (χ1v) is 9.24. The summed E-state index contributed by atoms with van der Waals surface area (Å²) in [4.78, 5) is 30.9. The van der Waals surface area contributed by atoms with E-state index < -0.39 is 0 Å². The maximum atomic E-state index is 12.4. The molecule has 0 aliphatic rings. The minimum atomic E-state index is -0.175. The number of aromatic nitrogens is 2. The number of ether oxygens (including phenoxy) is 1. The van der Waals surface area contributed by atoms with Crippen molar-refractivity contribution in [1.29, 1.82) is 0 Å². The Balaban J connectivity index is 1.59. The lowest BCUT2D eigenvalue weighted by molar-refractivity contribution is 0.0952. The number of carbonyl (C=O) groups excluding carboxylic acids is 1. The van der Waals surface area contributed by atoms with E-state index in [4.69, 9.17) is 4.74 Å². The van der Waals surface area contributed by atoms with Crippen molar-refractivity contribution < 1.29 is 9.53 Å². The highest BCUT2D eigenvalue weighted by Crippen LogP contribution is 2.19. The predicted molar refractivity (Wildman–Crippen MR) is 114 cm³/mol. The topological polar surface area (TPSA) is 76.5 Å². The molecule has 150 valence electrons. The van der Waals surface area contributed by atoms with Gasteiger partial charge in [-0.1, -0.05) is 0 Å². The quantitative estimate of drug-likeness (QED) is 0.668. The molecule has 0 aliphatic carbocycles. The highest BCUT2D eigenvalue weighted by molar-refractivity contribution is 5.94. The van der Waals surface area contributed by atoms with Crippen LogP contribution >= 0.6 is 0 Å². The van der Waals surface area contributed by atoms with Crippen LogP contribution in [0.3, 0.4) is 0 Å². The summed E-state index contributed by atoms with van der Waals surface area (Å²) in [5.41, 5.74) is 2.87. The predicted octanol–water partition coefficient (Wildman–Crippen LogP) is 2.41. The number of rotatable bonds is 7. The summed E-state index contributed by atoms with van der Waals surface area (Å²) in [6, 6.07) is 16.2. The first-order valence-electron chi connectivity index (χ1n) is 9.24. The van der Waals surface area contributed by atoms with Crippen LogP contribution in [0.25, 0.3) is 11.3 Å². The van der Waals surface area contributed by atoms with Crippen molar-refractivity contribution in [3.05, 3.63) is 76.8 Å². The van der Waals surface area contributed by atoms with Gasteiger partial charge in [0.1, 0.15) is 5.75 Å². The molecule has 0 saturated carbocycles. The largest absolute Gasteiger partial charge is 0.497 e. The van der Waals surface area contributed by atoms with E-state index in [1.54, 1.807) is 19.2 Å². The fraction of sp³-hybridized carbons (Fsp3) is 0.227. The Kier molecular flexibility index (Phi) is 6.29. The van der Waals surface area contributed by atoms with Crippen LogP contribution in [0.15, 0.2) is 65.7 Å². The van der Waals surface area contributed by atoms with Gasteiger partial charge in [-0.15, -0.1) is 0 Å². The molecule has 29 heavy (non-hydrogen) atoms. The van der Waals surface area contributed by atoms with Crippen LogP contribution in [0.1, 0.15) is 10.4 Å². The van der Waals surface area contributed by atoms with Gasteiger partial charge in [0.25, 0.3) is 11.5 Å². The van der Waals surface area contributed by atoms with Crippen LogP contribution < -0.4 is 20.5 Å². The second-order valence-electron chi connectivity index (χ2n) is 6.73. The minimum Gasteiger partial charge on any atom is -0.497 e. The van der Waals surface area contributed by atoms with Crippen molar-refractivity contribution in [2.24, 2.45) is 0 Å². The number of amides is 1. The van der Waals surface area contributed by atoms with Crippen LogP contribution in [0.5, 0.6) is 5.75 Å². The van der Waals surface area contributed by atoms with Crippen LogP contribution in [-0.2, 0) is 6.54 Å². The van der Waals surface area contributed by atoms with Gasteiger partial charge < -0.3 is 15.0 Å². The minimum absolute atomic E-state index is 0.171. The Bertz CT molecular complexity index is 1030. The summed E-state index contributed by atoms with van der Waals surface area (Å²) in [5, 5.41) is 2.83. The second kappa shape index (κ2) is 9.05. The number of nitrogens with one attached hydrogen (secondary N) is 1. The lowest BCUT2D eigenvalue weighted by atomic mass is 10.1. The van der Waals surface area contributed by atoms with Gasteiger partial charge in [0.2, 0.25) is 0 Å². The normalized spacial score (nSPS) is 10.4. The van der Waals surface area contributed by atoms with Gasteiger partial charge in [-0.2, -0.15) is 0 Å². The standard InChI is InChI=1S/C22H24N4O3/c1-25(2)18-8-4-17(5-9-18)22(28)23-12-13-26-15-24-20(14-21(26)27)16-6-10-19(29-3)11-7-16/h4-11,14-15H,12-13H2,1-3H3,(H,23,28). The zero-order chi connectivity index (χ0) is 20.8. The van der Waals surface area contributed by atoms with E-state index >= 15 is 0 Å². The maximum Gasteiger partial charge on any atom is 0.253 e. The van der Waals surface area contributed by atoms with Gasteiger partial charge >= 0.3 is 0 Å². The summed E-state index contributed by atoms with van der Waals surface area (Å²) in [6.07, 6.45) is 1.50. The Hall–Kier alpha value is -3.61. The second-order valence-corrected chi connectivity index (χ2v) is 6.73. The number of nitrogens with zero attached hydrogens (tertiary/aromatic N) is 3. The van der Waals surface area contributed by atoms with Crippen LogP contribution in [0, 0.1) is 0 Å². The summed E-state index contributed by atoms with van der Waals surface area (Å²) >= 11 is 0. The van der Waals surface area contributed by atoms with Crippen molar-refractivity contribution in [1.82, 2.24) is 14.9 Å². The first-order chi connectivity index (χ1) is 14.0. The number of hydrogen-bond acceptors (Lipinski definition) is 5. The molecular formula is C22H24N4O3. The number of anilines is 1. The third-order valence-electron chi connectivity index (χ3n) is 4.55. The molecule has 7 nitrogen and oxygen atoms in total. The average molecular weight is 392 g/mol. The molecule has 3 rings (SSSR count). The van der Waals surface area contributed by atoms with E-state index in [2.05, 4.69) is 10.3 Å². The Morgan fingerprint density at radius 1 is 1.10 bits per heavy atom. The molecule has 0 radical (unpaired) electrons. The van der Waals surface area contributed by atoms with Crippen LogP contribution in [0.2, 0.25) is 0 Å². The van der Waals surface area contributed by atoms with Crippen molar-refractivity contribution >= 4 is 11.6 Å². The SMILES string of the molecule is COc1ccc(-c2cc(=O)n(CCNC(=O)c3ccc(N(C)C)cc3)cn2)cc1. The van der Waals surface area contributed by atoms with Crippen LogP contribution in [-0.4, -0.2) is 43.2 Å². The van der Waals surface area contributed by atoms with Gasteiger partial charge in [-0.3, -0.25) is 14.2 Å². The molecule has 0 bridgehead atoms. The van der Waals surface area contributed by atoms with Crippen molar-refractivity contribution in [2.75, 3.05) is 32.6 Å². The molecule has 1 heterocycles. The molecule has 0 fully saturated rings. The zero-order valence-electron chi connectivity index (χ0n) is 16.8. The van der Waals surface area contributed by atoms with E-state index in [-0.39, 0.29) is 11.5 Å². The van der Waals surface area contributed by atoms with Gasteiger partial charge in [-0.25, -0.2) is 4.98 Å². The monoisotopic (exact) mass is 392 g/mol. The third kappa shape index (κ3) is 5.01. The number of benzene rings is 2. The van der Waals surface area contributed by atoms with E-state index in [1.165, 1.54) is 17.0 Å². The van der Waals surface area contributed by atoms with Gasteiger partial charge in [0.15, 0.2) is 0 Å². The van der Waals surface area contributed by atoms with Crippen molar-refractivity contribution in [3.63, 3.8) is 0 Å². The van der Waals surface area contributed by atoms with E-state index in [9.17, 15) is 9.59 Å². The van der Waals surface area contributed by atoms with E-state index in [1.807, 2.05) is 55.4 Å². The zero-order valence-corrected chi connectivity index (χ0v) is 16.8. The van der Waals surface area contributed by atoms with Gasteiger partial charge in [0.05, 0.1) is 19.1 Å². The van der Waals surface area contributed by atoms with Crippen molar-refractivity contribution in [3.8, 4) is 17.0 Å². The van der Waals surface area contributed by atoms with Crippen molar-refractivity contribution in [2.45, 2.75) is 6.54 Å². The van der Waals surface area contributed by atoms with Gasteiger partial charge in [-0.05, 0) is 48.5 Å². The lowest BCUT2D eigenvalue weighted by Gasteiger charge is -2.13. The average Bonchev–Trinajstić information content (AvgIpc) is 2.75. The first kappa shape index (κ1) is 20.1. The van der Waals surface area contributed by atoms with E-state index in [0.717, 1.165) is 17.0 Å². The maximum absolute atomic E-state index is 12.4. The highest BCUT2D eigenvalue weighted by Gasteiger charge is 2.07. The molecule has 2 aromatic carbocycles. The number of carbonyl (C=O) groups is 1. The molecule has 0 spiro atoms. The molecule has 1 amide bonds. The summed E-state index contributed by atoms with van der Waals surface area (Å²) in [6.45, 7) is 0.675. The Labute approximate surface area is 169 Å². The van der Waals surface area contributed by atoms with Crippen LogP contribution in [0.4, 0.5) is 5.69 Å². The fourth-order valence-electron chi connectivity index (χ4n) is 2.82. The molecule has 3 aromatic rings. The molecule has 0 unspecified atom stereocenters. The van der Waals surface area contributed by atoms with E-state index in [0.29, 0.717) is 24.3 Å². The summed E-state index contributed by atoms with van der Waals surface area (Å²) < 4.78 is 6.61. The molecule has 0 atom stereocenters. The molecule has 1 N–H and O–H groups in total. The Morgan fingerprint density at radius 3 is 2.38 bits per heavy atom. The van der Waals surface area contributed by atoms with Gasteiger partial charge in [0, 0.05) is 50.1 Å². The fourth-order valence-corrected chi connectivity index (χ4v) is 2.82. The number of methoxy groups -OCH3 is 1. The molecule has 0 saturated heterocycles.